The van der Waals surface area contributed by atoms with Crippen LogP contribution in [0.1, 0.15) is 31.9 Å². The molecule has 1 aliphatic heterocycles. The third kappa shape index (κ3) is 3.33. The van der Waals surface area contributed by atoms with Crippen LogP contribution in [0.3, 0.4) is 0 Å². The lowest BCUT2D eigenvalue weighted by Gasteiger charge is -2.15. The zero-order chi connectivity index (χ0) is 21.5. The number of rotatable bonds is 4. The molecular formula is C23H22N6O. The predicted octanol–water partition coefficient (Wildman–Crippen LogP) is 4.31. The van der Waals surface area contributed by atoms with Gasteiger partial charge in [-0.3, -0.25) is 14.5 Å². The van der Waals surface area contributed by atoms with Crippen LogP contribution in [0.2, 0.25) is 0 Å². The Balaban J connectivity index is 1.71. The number of pyridine rings is 1. The van der Waals surface area contributed by atoms with Crippen molar-refractivity contribution in [3.63, 3.8) is 0 Å². The predicted molar refractivity (Wildman–Crippen MR) is 116 cm³/mol. The molecule has 0 saturated carbocycles. The van der Waals surface area contributed by atoms with Crippen LogP contribution in [0.15, 0.2) is 54.5 Å². The first-order valence-corrected chi connectivity index (χ1v) is 9.63. The van der Waals surface area contributed by atoms with E-state index >= 15 is 0 Å². The van der Waals surface area contributed by atoms with Gasteiger partial charge < -0.3 is 10.6 Å². The van der Waals surface area contributed by atoms with Crippen molar-refractivity contribution in [3.8, 4) is 17.3 Å². The Kier molecular flexibility index (Phi) is 4.63. The average Bonchev–Trinajstić information content (AvgIpc) is 3.31. The van der Waals surface area contributed by atoms with E-state index in [1.165, 1.54) is 0 Å². The van der Waals surface area contributed by atoms with Crippen LogP contribution < -0.4 is 10.6 Å². The quantitative estimate of drug-likeness (QED) is 0.639. The van der Waals surface area contributed by atoms with Crippen molar-refractivity contribution >= 4 is 23.0 Å². The molecule has 4 rings (SSSR count). The number of carbonyl (C=O) groups is 1. The second kappa shape index (κ2) is 7.16. The molecule has 0 fully saturated rings. The first kappa shape index (κ1) is 19.4. The van der Waals surface area contributed by atoms with E-state index in [9.17, 15) is 10.1 Å². The van der Waals surface area contributed by atoms with Gasteiger partial charge in [-0.15, -0.1) is 0 Å². The standard InChI is InChI=1S/C23H22N6O/c1-14-7-5-6-8-16(14)18-11-17-19(12-25-18)27-22(30)21(17)15(2)26-20-9-10-29(28-20)23(3,4)13-24/h5-12H,1-4H3,(H,26,28)(H,27,30)/b21-15-. The highest BCUT2D eigenvalue weighted by molar-refractivity contribution is 6.32. The van der Waals surface area contributed by atoms with Gasteiger partial charge in [0, 0.05) is 29.1 Å². The molecule has 0 radical (unpaired) electrons. The number of amides is 1. The van der Waals surface area contributed by atoms with Crippen molar-refractivity contribution in [3.05, 3.63) is 65.6 Å². The third-order valence-corrected chi connectivity index (χ3v) is 5.20. The Morgan fingerprint density at radius 1 is 1.23 bits per heavy atom. The van der Waals surface area contributed by atoms with E-state index in [0.717, 1.165) is 22.4 Å². The number of benzene rings is 1. The van der Waals surface area contributed by atoms with Crippen LogP contribution in [-0.4, -0.2) is 20.7 Å². The minimum absolute atomic E-state index is 0.185. The number of nitriles is 1. The van der Waals surface area contributed by atoms with Gasteiger partial charge in [0.25, 0.3) is 5.91 Å². The molecule has 30 heavy (non-hydrogen) atoms. The number of aromatic nitrogens is 3. The van der Waals surface area contributed by atoms with Gasteiger partial charge in [-0.1, -0.05) is 24.3 Å². The summed E-state index contributed by atoms with van der Waals surface area (Å²) in [5, 5.41) is 19.8. The Labute approximate surface area is 175 Å². The summed E-state index contributed by atoms with van der Waals surface area (Å²) >= 11 is 0. The third-order valence-electron chi connectivity index (χ3n) is 5.20. The van der Waals surface area contributed by atoms with Gasteiger partial charge >= 0.3 is 0 Å². The number of allylic oxidation sites excluding steroid dienone is 1. The fourth-order valence-corrected chi connectivity index (χ4v) is 3.46. The number of aryl methyl sites for hydroxylation is 1. The van der Waals surface area contributed by atoms with E-state index in [-0.39, 0.29) is 5.91 Å². The summed E-state index contributed by atoms with van der Waals surface area (Å²) in [7, 11) is 0. The highest BCUT2D eigenvalue weighted by Gasteiger charge is 2.28. The van der Waals surface area contributed by atoms with Gasteiger partial charge in [0.2, 0.25) is 0 Å². The largest absolute Gasteiger partial charge is 0.342 e. The van der Waals surface area contributed by atoms with Crippen molar-refractivity contribution in [1.29, 1.82) is 5.26 Å². The normalized spacial score (nSPS) is 14.7. The molecule has 3 heterocycles. The van der Waals surface area contributed by atoms with Gasteiger partial charge in [0.15, 0.2) is 5.82 Å². The first-order valence-electron chi connectivity index (χ1n) is 9.63. The monoisotopic (exact) mass is 398 g/mol. The topological polar surface area (TPSA) is 95.6 Å². The van der Waals surface area contributed by atoms with Crippen molar-refractivity contribution in [2.24, 2.45) is 0 Å². The van der Waals surface area contributed by atoms with E-state index in [1.807, 2.05) is 44.2 Å². The molecule has 0 bridgehead atoms. The number of carbonyl (C=O) groups excluding carboxylic acids is 1. The number of fused-ring (bicyclic) bond motifs is 1. The van der Waals surface area contributed by atoms with Crippen LogP contribution in [0.5, 0.6) is 0 Å². The molecule has 150 valence electrons. The Bertz CT molecular complexity index is 1230. The van der Waals surface area contributed by atoms with E-state index in [1.54, 1.807) is 37.0 Å². The summed E-state index contributed by atoms with van der Waals surface area (Å²) in [5.74, 6) is 0.383. The summed E-state index contributed by atoms with van der Waals surface area (Å²) in [5.41, 5.74) is 4.92. The molecule has 0 aliphatic carbocycles. The van der Waals surface area contributed by atoms with Gasteiger partial charge in [-0.2, -0.15) is 10.4 Å². The lowest BCUT2D eigenvalue weighted by Crippen LogP contribution is -2.24. The smallest absolute Gasteiger partial charge is 0.258 e. The van der Waals surface area contributed by atoms with Gasteiger partial charge in [0.1, 0.15) is 5.54 Å². The number of hydrogen-bond acceptors (Lipinski definition) is 5. The molecule has 2 N–H and O–H groups in total. The summed E-state index contributed by atoms with van der Waals surface area (Å²) in [6.45, 7) is 7.45. The molecule has 7 heteroatoms. The Hall–Kier alpha value is -3.92. The Morgan fingerprint density at radius 3 is 2.73 bits per heavy atom. The van der Waals surface area contributed by atoms with Gasteiger partial charge in [-0.25, -0.2) is 0 Å². The number of nitrogens with zero attached hydrogens (tertiary/aromatic N) is 4. The summed E-state index contributed by atoms with van der Waals surface area (Å²) in [4.78, 5) is 17.2. The van der Waals surface area contributed by atoms with Crippen LogP contribution >= 0.6 is 0 Å². The highest BCUT2D eigenvalue weighted by Crippen LogP contribution is 2.36. The lowest BCUT2D eigenvalue weighted by molar-refractivity contribution is -0.110. The van der Waals surface area contributed by atoms with Crippen LogP contribution in [0.25, 0.3) is 16.8 Å². The molecule has 1 amide bonds. The summed E-state index contributed by atoms with van der Waals surface area (Å²) in [6, 6.07) is 14.0. The molecule has 0 unspecified atom stereocenters. The van der Waals surface area contributed by atoms with Gasteiger partial charge in [0.05, 0.1) is 29.2 Å². The number of nitrogens with one attached hydrogen (secondary N) is 2. The zero-order valence-corrected chi connectivity index (χ0v) is 17.3. The van der Waals surface area contributed by atoms with Crippen molar-refractivity contribution in [1.82, 2.24) is 14.8 Å². The molecule has 0 spiro atoms. The number of hydrogen-bond donors (Lipinski definition) is 2. The zero-order valence-electron chi connectivity index (χ0n) is 17.3. The molecular weight excluding hydrogens is 376 g/mol. The summed E-state index contributed by atoms with van der Waals surface area (Å²) in [6.07, 6.45) is 3.44. The molecule has 0 atom stereocenters. The summed E-state index contributed by atoms with van der Waals surface area (Å²) < 4.78 is 1.59. The van der Waals surface area contributed by atoms with E-state index in [4.69, 9.17) is 0 Å². The second-order valence-electron chi connectivity index (χ2n) is 7.83. The van der Waals surface area contributed by atoms with Crippen LogP contribution in [-0.2, 0) is 10.3 Å². The maximum Gasteiger partial charge on any atom is 0.258 e. The van der Waals surface area contributed by atoms with Crippen molar-refractivity contribution < 1.29 is 4.79 Å². The maximum absolute atomic E-state index is 12.7. The minimum atomic E-state index is -0.758. The van der Waals surface area contributed by atoms with E-state index in [0.29, 0.717) is 22.8 Å². The SMILES string of the molecule is C/C(Nc1ccn(C(C)(C)C#N)n1)=C1/C(=O)Nc2cnc(-c3ccccc3C)cc21. The van der Waals surface area contributed by atoms with Crippen molar-refractivity contribution in [2.45, 2.75) is 33.2 Å². The van der Waals surface area contributed by atoms with E-state index < -0.39 is 5.54 Å². The van der Waals surface area contributed by atoms with E-state index in [2.05, 4.69) is 26.8 Å². The molecule has 2 aromatic heterocycles. The van der Waals surface area contributed by atoms with Gasteiger partial charge in [-0.05, 0) is 39.3 Å². The molecule has 1 aromatic carbocycles. The van der Waals surface area contributed by atoms with Crippen molar-refractivity contribution in [2.75, 3.05) is 10.6 Å². The van der Waals surface area contributed by atoms with Crippen LogP contribution in [0, 0.1) is 18.3 Å². The fourth-order valence-electron chi connectivity index (χ4n) is 3.46. The minimum Gasteiger partial charge on any atom is -0.342 e. The average molecular weight is 398 g/mol. The second-order valence-corrected chi connectivity index (χ2v) is 7.83. The molecule has 1 aliphatic rings. The maximum atomic E-state index is 12.7. The lowest BCUT2D eigenvalue weighted by atomic mass is 10.0. The molecule has 0 saturated heterocycles. The molecule has 7 nitrogen and oxygen atoms in total. The Morgan fingerprint density at radius 2 is 2.00 bits per heavy atom. The fraction of sp³-hybridized carbons (Fsp3) is 0.217. The molecule has 3 aromatic rings. The number of anilines is 2. The van der Waals surface area contributed by atoms with Crippen LogP contribution in [0.4, 0.5) is 11.5 Å². The highest BCUT2D eigenvalue weighted by atomic mass is 16.2. The first-order chi connectivity index (χ1) is 14.3.